The van der Waals surface area contributed by atoms with Crippen LogP contribution in [-0.4, -0.2) is 81.7 Å². The van der Waals surface area contributed by atoms with Gasteiger partial charge in [0.05, 0.1) is 26.2 Å². The number of methoxy groups -OCH3 is 3. The lowest BCUT2D eigenvalue weighted by Gasteiger charge is -2.30. The summed E-state index contributed by atoms with van der Waals surface area (Å²) in [7, 11) is 4.40. The lowest BCUT2D eigenvalue weighted by molar-refractivity contribution is -0.164. The van der Waals surface area contributed by atoms with Crippen molar-refractivity contribution >= 4 is 17.8 Å². The Kier molecular flexibility index (Phi) is 12.0. The van der Waals surface area contributed by atoms with E-state index in [1.807, 2.05) is 0 Å². The van der Waals surface area contributed by atoms with E-state index in [0.717, 1.165) is 0 Å². The number of esters is 2. The molecule has 0 spiro atoms. The molecule has 1 N–H and O–H groups in total. The predicted molar refractivity (Wildman–Crippen MR) is 129 cm³/mol. The van der Waals surface area contributed by atoms with E-state index in [2.05, 4.69) is 24.1 Å². The Morgan fingerprint density at radius 3 is 2.61 bits per heavy atom. The Bertz CT molecular complexity index is 877. The molecular formula is C25H38N2O9. The van der Waals surface area contributed by atoms with Gasteiger partial charge in [0.2, 0.25) is 5.75 Å². The van der Waals surface area contributed by atoms with Crippen LogP contribution in [-0.2, 0) is 28.5 Å². The molecule has 11 heteroatoms. The number of carbonyl (C=O) groups excluding carboxylic acids is 3. The van der Waals surface area contributed by atoms with Crippen LogP contribution >= 0.6 is 0 Å². The van der Waals surface area contributed by atoms with Crippen molar-refractivity contribution in [2.45, 2.75) is 70.8 Å². The quantitative estimate of drug-likeness (QED) is 0.442. The molecule has 202 valence electrons. The van der Waals surface area contributed by atoms with Crippen LogP contribution in [0.4, 0.5) is 0 Å². The van der Waals surface area contributed by atoms with Crippen LogP contribution in [0.2, 0.25) is 0 Å². The minimum absolute atomic E-state index is 0.0246. The largest absolute Gasteiger partial charge is 0.493 e. The van der Waals surface area contributed by atoms with Crippen molar-refractivity contribution in [2.75, 3.05) is 34.5 Å². The molecule has 1 aliphatic rings. The van der Waals surface area contributed by atoms with Crippen molar-refractivity contribution in [1.29, 1.82) is 0 Å². The number of carbonyl (C=O) groups is 3. The van der Waals surface area contributed by atoms with Crippen molar-refractivity contribution in [3.63, 3.8) is 0 Å². The van der Waals surface area contributed by atoms with Gasteiger partial charge >= 0.3 is 11.9 Å². The van der Waals surface area contributed by atoms with Crippen molar-refractivity contribution in [3.8, 4) is 11.5 Å². The monoisotopic (exact) mass is 510 g/mol. The topological polar surface area (TPSA) is 132 Å². The van der Waals surface area contributed by atoms with Crippen molar-refractivity contribution in [2.24, 2.45) is 5.92 Å². The summed E-state index contributed by atoms with van der Waals surface area (Å²) in [6, 6.07) is 0.528. The van der Waals surface area contributed by atoms with Gasteiger partial charge in [0, 0.05) is 33.1 Å². The molecule has 0 aliphatic carbocycles. The molecule has 2 heterocycles. The summed E-state index contributed by atoms with van der Waals surface area (Å²) in [5.41, 5.74) is -0.186. The fourth-order valence-electron chi connectivity index (χ4n) is 3.84. The summed E-state index contributed by atoms with van der Waals surface area (Å²) in [5.74, 6) is -1.55. The van der Waals surface area contributed by atoms with E-state index in [1.165, 1.54) is 26.5 Å². The first-order valence-electron chi connectivity index (χ1n) is 12.1. The molecule has 4 atom stereocenters. The number of nitrogens with zero attached hydrogens (tertiary/aromatic N) is 1. The van der Waals surface area contributed by atoms with Crippen LogP contribution in [0, 0.1) is 5.92 Å². The standard InChI is InChI=1S/C25H38N2O9/c1-15(2)14-34-19-9-7-8-17(25(30)35-16(3)22(19)33-6)27-24(29)21-23(18(32-5)10-12-26-21)36-20(28)11-13-31-4/h10,12,15-17,19,22H,7-9,11,13-14H2,1-6H3,(H,27,29)/t16-,17-,19-,22-/m0/s1. The number of pyridine rings is 1. The third-order valence-corrected chi connectivity index (χ3v) is 5.65. The summed E-state index contributed by atoms with van der Waals surface area (Å²) in [5, 5.41) is 2.68. The van der Waals surface area contributed by atoms with Crippen LogP contribution in [0.3, 0.4) is 0 Å². The van der Waals surface area contributed by atoms with E-state index in [9.17, 15) is 14.4 Å². The maximum absolute atomic E-state index is 13.2. The first-order valence-corrected chi connectivity index (χ1v) is 12.1. The zero-order chi connectivity index (χ0) is 26.7. The van der Waals surface area contributed by atoms with Gasteiger partial charge in [0.1, 0.15) is 18.2 Å². The molecular weight excluding hydrogens is 472 g/mol. The second-order valence-corrected chi connectivity index (χ2v) is 8.97. The molecule has 2 rings (SSSR count). The number of hydrogen-bond acceptors (Lipinski definition) is 10. The highest BCUT2D eigenvalue weighted by molar-refractivity contribution is 5.98. The summed E-state index contributed by atoms with van der Waals surface area (Å²) in [6.07, 6.45) is 1.56. The van der Waals surface area contributed by atoms with Crippen molar-refractivity contribution in [1.82, 2.24) is 10.3 Å². The van der Waals surface area contributed by atoms with Crippen LogP contribution in [0.1, 0.15) is 56.9 Å². The fraction of sp³-hybridized carbons (Fsp3) is 0.680. The normalized spacial score (nSPS) is 22.7. The van der Waals surface area contributed by atoms with Gasteiger partial charge in [-0.2, -0.15) is 0 Å². The molecule has 1 aromatic heterocycles. The molecule has 1 amide bonds. The summed E-state index contributed by atoms with van der Waals surface area (Å²) >= 11 is 0. The number of ether oxygens (including phenoxy) is 6. The van der Waals surface area contributed by atoms with Crippen LogP contribution in [0.25, 0.3) is 0 Å². The predicted octanol–water partition coefficient (Wildman–Crippen LogP) is 2.30. The molecule has 1 saturated heterocycles. The third kappa shape index (κ3) is 8.42. The highest BCUT2D eigenvalue weighted by Gasteiger charge is 2.35. The first kappa shape index (κ1) is 29.5. The number of rotatable bonds is 11. The maximum Gasteiger partial charge on any atom is 0.329 e. The number of amides is 1. The zero-order valence-corrected chi connectivity index (χ0v) is 21.9. The Balaban J connectivity index is 2.20. The minimum Gasteiger partial charge on any atom is -0.493 e. The van der Waals surface area contributed by atoms with Gasteiger partial charge in [-0.15, -0.1) is 0 Å². The van der Waals surface area contributed by atoms with Crippen molar-refractivity contribution < 1.29 is 42.8 Å². The highest BCUT2D eigenvalue weighted by atomic mass is 16.6. The maximum atomic E-state index is 13.2. The average Bonchev–Trinajstić information content (AvgIpc) is 2.89. The molecule has 0 saturated carbocycles. The highest BCUT2D eigenvalue weighted by Crippen LogP contribution is 2.30. The van der Waals surface area contributed by atoms with Gasteiger partial charge in [0.15, 0.2) is 11.4 Å². The van der Waals surface area contributed by atoms with E-state index in [0.29, 0.717) is 31.8 Å². The molecule has 1 aromatic rings. The Hall–Kier alpha value is -2.76. The van der Waals surface area contributed by atoms with Crippen LogP contribution in [0.15, 0.2) is 12.3 Å². The van der Waals surface area contributed by atoms with Gasteiger partial charge in [-0.05, 0) is 32.1 Å². The summed E-state index contributed by atoms with van der Waals surface area (Å²) in [6.45, 7) is 6.56. The summed E-state index contributed by atoms with van der Waals surface area (Å²) in [4.78, 5) is 42.4. The second-order valence-electron chi connectivity index (χ2n) is 8.97. The van der Waals surface area contributed by atoms with E-state index in [1.54, 1.807) is 14.0 Å². The second kappa shape index (κ2) is 14.7. The molecule has 1 aliphatic heterocycles. The van der Waals surface area contributed by atoms with Gasteiger partial charge in [-0.25, -0.2) is 9.78 Å². The molecule has 1 fully saturated rings. The van der Waals surface area contributed by atoms with Crippen LogP contribution in [0.5, 0.6) is 11.5 Å². The molecule has 0 radical (unpaired) electrons. The lowest BCUT2D eigenvalue weighted by Crippen LogP contribution is -2.45. The number of cyclic esters (lactones) is 1. The Morgan fingerprint density at radius 2 is 1.97 bits per heavy atom. The number of aromatic nitrogens is 1. The van der Waals surface area contributed by atoms with Gasteiger partial charge in [0.25, 0.3) is 5.91 Å². The van der Waals surface area contributed by atoms with Gasteiger partial charge in [-0.1, -0.05) is 13.8 Å². The molecule has 0 aromatic carbocycles. The zero-order valence-electron chi connectivity index (χ0n) is 21.9. The third-order valence-electron chi connectivity index (χ3n) is 5.65. The smallest absolute Gasteiger partial charge is 0.329 e. The molecule has 36 heavy (non-hydrogen) atoms. The molecule has 11 nitrogen and oxygen atoms in total. The van der Waals surface area contributed by atoms with Crippen molar-refractivity contribution in [3.05, 3.63) is 18.0 Å². The average molecular weight is 511 g/mol. The lowest BCUT2D eigenvalue weighted by atomic mass is 10.0. The summed E-state index contributed by atoms with van der Waals surface area (Å²) < 4.78 is 32.8. The van der Waals surface area contributed by atoms with E-state index in [4.69, 9.17) is 28.4 Å². The molecule has 0 bridgehead atoms. The van der Waals surface area contributed by atoms with E-state index < -0.39 is 36.1 Å². The Labute approximate surface area is 212 Å². The van der Waals surface area contributed by atoms with E-state index in [-0.39, 0.29) is 36.3 Å². The molecule has 0 unspecified atom stereocenters. The van der Waals surface area contributed by atoms with Gasteiger partial charge < -0.3 is 33.7 Å². The Morgan fingerprint density at radius 1 is 1.22 bits per heavy atom. The van der Waals surface area contributed by atoms with Crippen LogP contribution < -0.4 is 14.8 Å². The fourth-order valence-corrected chi connectivity index (χ4v) is 3.84. The minimum atomic E-state index is -0.939. The first-order chi connectivity index (χ1) is 17.2. The number of nitrogens with one attached hydrogen (secondary N) is 1. The van der Waals surface area contributed by atoms with E-state index >= 15 is 0 Å². The number of hydrogen-bond donors (Lipinski definition) is 1. The SMILES string of the molecule is COCCC(=O)Oc1c(OC)ccnc1C(=O)N[C@H]1CCC[C@H](OCC(C)C)[C@@H](OC)[C@H](C)OC1=O. The van der Waals surface area contributed by atoms with Gasteiger partial charge in [-0.3, -0.25) is 9.59 Å².